The van der Waals surface area contributed by atoms with Crippen molar-refractivity contribution >= 4 is 12.1 Å². The first kappa shape index (κ1) is 20.1. The van der Waals surface area contributed by atoms with E-state index in [2.05, 4.69) is 29.2 Å². The molecule has 2 aromatic rings. The highest BCUT2D eigenvalue weighted by molar-refractivity contribution is 5.86. The highest BCUT2D eigenvalue weighted by Gasteiger charge is 2.58. The van der Waals surface area contributed by atoms with Crippen LogP contribution in [0, 0.1) is 0 Å². The summed E-state index contributed by atoms with van der Waals surface area (Å²) < 4.78 is 5.77. The molecule has 1 aliphatic carbocycles. The maximum atomic E-state index is 13.1. The number of likely N-dealkylation sites (N-methyl/N-ethyl adjacent to an activating group) is 1. The molecular weight excluding hydrogens is 392 g/mol. The van der Waals surface area contributed by atoms with Crippen LogP contribution in [-0.2, 0) is 9.53 Å². The standard InChI is InChI=1S/C25H28N2O4/c1-26(25(23(28)29)13-15-27-14-7-6-12-22(25)27)24(30)31-16-21-19-10-4-2-8-17(19)18-9-3-5-11-20(18)21/h2-5,8-11,21-22H,6-7,12-16H2,1H3,(H,28,29). The molecular formula is C25H28N2O4. The maximum Gasteiger partial charge on any atom is 0.410 e. The van der Waals surface area contributed by atoms with E-state index in [-0.39, 0.29) is 18.6 Å². The molecule has 2 heterocycles. The van der Waals surface area contributed by atoms with Crippen molar-refractivity contribution in [1.29, 1.82) is 0 Å². The van der Waals surface area contributed by atoms with Crippen molar-refractivity contribution in [2.75, 3.05) is 26.7 Å². The molecule has 0 bridgehead atoms. The molecule has 31 heavy (non-hydrogen) atoms. The first-order valence-electron chi connectivity index (χ1n) is 11.1. The van der Waals surface area contributed by atoms with Crippen LogP contribution in [0.5, 0.6) is 0 Å². The van der Waals surface area contributed by atoms with E-state index in [1.165, 1.54) is 16.0 Å². The maximum absolute atomic E-state index is 13.1. The zero-order chi connectivity index (χ0) is 21.6. The van der Waals surface area contributed by atoms with Crippen molar-refractivity contribution in [3.05, 3.63) is 59.7 Å². The van der Waals surface area contributed by atoms with Crippen molar-refractivity contribution in [3.8, 4) is 11.1 Å². The number of hydrogen-bond acceptors (Lipinski definition) is 4. The number of nitrogens with zero attached hydrogens (tertiary/aromatic N) is 2. The van der Waals surface area contributed by atoms with Gasteiger partial charge >= 0.3 is 12.1 Å². The highest BCUT2D eigenvalue weighted by atomic mass is 16.6. The third-order valence-corrected chi connectivity index (χ3v) is 7.52. The van der Waals surface area contributed by atoms with Crippen LogP contribution in [0.1, 0.15) is 42.7 Å². The lowest BCUT2D eigenvalue weighted by Crippen LogP contribution is -2.63. The predicted molar refractivity (Wildman–Crippen MR) is 117 cm³/mol. The van der Waals surface area contributed by atoms with Crippen LogP contribution in [0.3, 0.4) is 0 Å². The van der Waals surface area contributed by atoms with Crippen molar-refractivity contribution in [3.63, 3.8) is 0 Å². The number of fused-ring (bicyclic) bond motifs is 4. The van der Waals surface area contributed by atoms with Crippen LogP contribution < -0.4 is 0 Å². The Hall–Kier alpha value is -2.86. The number of aliphatic carboxylic acids is 1. The van der Waals surface area contributed by atoms with E-state index in [0.29, 0.717) is 13.0 Å². The predicted octanol–water partition coefficient (Wildman–Crippen LogP) is 3.95. The number of carbonyl (C=O) groups is 2. The van der Waals surface area contributed by atoms with Crippen molar-refractivity contribution in [2.24, 2.45) is 0 Å². The number of carboxylic acids is 1. The molecule has 1 amide bonds. The molecule has 6 nitrogen and oxygen atoms in total. The Balaban J connectivity index is 1.36. The van der Waals surface area contributed by atoms with Gasteiger partial charge in [0.05, 0.1) is 0 Å². The van der Waals surface area contributed by atoms with Crippen molar-refractivity contribution < 1.29 is 19.4 Å². The van der Waals surface area contributed by atoms with Gasteiger partial charge in [-0.3, -0.25) is 9.80 Å². The first-order valence-corrected chi connectivity index (χ1v) is 11.1. The lowest BCUT2D eigenvalue weighted by Gasteiger charge is -2.42. The van der Waals surface area contributed by atoms with Gasteiger partial charge in [0.1, 0.15) is 6.61 Å². The molecule has 2 aliphatic heterocycles. The third-order valence-electron chi connectivity index (χ3n) is 7.52. The van der Waals surface area contributed by atoms with Gasteiger partial charge < -0.3 is 9.84 Å². The number of amides is 1. The summed E-state index contributed by atoms with van der Waals surface area (Å²) in [7, 11) is 1.59. The SMILES string of the molecule is CN(C(=O)OCC1c2ccccc2-c2ccccc21)C1(C(=O)O)CCN2CCCCC21. The van der Waals surface area contributed by atoms with Crippen LogP contribution in [-0.4, -0.2) is 65.3 Å². The Morgan fingerprint density at radius 2 is 1.71 bits per heavy atom. The van der Waals surface area contributed by atoms with Gasteiger partial charge in [-0.05, 0) is 48.1 Å². The molecule has 0 radical (unpaired) electrons. The van der Waals surface area contributed by atoms with E-state index in [1.54, 1.807) is 7.05 Å². The van der Waals surface area contributed by atoms with Crippen LogP contribution in [0.2, 0.25) is 0 Å². The zero-order valence-electron chi connectivity index (χ0n) is 17.8. The van der Waals surface area contributed by atoms with Gasteiger partial charge in [-0.15, -0.1) is 0 Å². The van der Waals surface area contributed by atoms with E-state index in [0.717, 1.165) is 36.9 Å². The number of ether oxygens (including phenoxy) is 1. The largest absolute Gasteiger partial charge is 0.479 e. The number of rotatable bonds is 4. The van der Waals surface area contributed by atoms with E-state index < -0.39 is 17.6 Å². The van der Waals surface area contributed by atoms with E-state index in [4.69, 9.17) is 4.74 Å². The van der Waals surface area contributed by atoms with Gasteiger partial charge in [0, 0.05) is 25.6 Å². The summed E-state index contributed by atoms with van der Waals surface area (Å²) in [4.78, 5) is 29.1. The lowest BCUT2D eigenvalue weighted by molar-refractivity contribution is -0.152. The zero-order valence-corrected chi connectivity index (χ0v) is 17.8. The minimum absolute atomic E-state index is 0.0414. The second-order valence-corrected chi connectivity index (χ2v) is 8.89. The molecule has 0 aromatic heterocycles. The van der Waals surface area contributed by atoms with Crippen LogP contribution in [0.25, 0.3) is 11.1 Å². The third kappa shape index (κ3) is 3.04. The molecule has 5 rings (SSSR count). The Morgan fingerprint density at radius 1 is 1.06 bits per heavy atom. The number of carbonyl (C=O) groups excluding carboxylic acids is 1. The molecule has 0 spiro atoms. The summed E-state index contributed by atoms with van der Waals surface area (Å²) in [5, 5.41) is 10.2. The molecule has 162 valence electrons. The van der Waals surface area contributed by atoms with Gasteiger partial charge in [0.2, 0.25) is 0 Å². The van der Waals surface area contributed by atoms with E-state index in [9.17, 15) is 14.7 Å². The highest BCUT2D eigenvalue weighted by Crippen LogP contribution is 2.45. The Labute approximate surface area is 182 Å². The Morgan fingerprint density at radius 3 is 2.35 bits per heavy atom. The molecule has 1 N–H and O–H groups in total. The fourth-order valence-electron chi connectivity index (χ4n) is 5.92. The molecule has 6 heteroatoms. The quantitative estimate of drug-likeness (QED) is 0.811. The minimum Gasteiger partial charge on any atom is -0.479 e. The minimum atomic E-state index is -1.22. The van der Waals surface area contributed by atoms with Crippen LogP contribution in [0.15, 0.2) is 48.5 Å². The number of benzene rings is 2. The fraction of sp³-hybridized carbons (Fsp3) is 0.440. The van der Waals surface area contributed by atoms with Gasteiger partial charge in [-0.25, -0.2) is 9.59 Å². The first-order chi connectivity index (χ1) is 15.0. The Bertz CT molecular complexity index is 977. The summed E-state index contributed by atoms with van der Waals surface area (Å²) in [6.45, 7) is 1.80. The van der Waals surface area contributed by atoms with Crippen LogP contribution >= 0.6 is 0 Å². The number of hydrogen-bond donors (Lipinski definition) is 1. The topological polar surface area (TPSA) is 70.1 Å². The number of piperidine rings is 1. The van der Waals surface area contributed by atoms with Gasteiger partial charge in [0.25, 0.3) is 0 Å². The molecule has 2 fully saturated rings. The van der Waals surface area contributed by atoms with E-state index in [1.807, 2.05) is 24.3 Å². The molecule has 2 atom stereocenters. The second kappa shape index (κ2) is 7.68. The number of carboxylic acid groups (broad SMARTS) is 1. The van der Waals surface area contributed by atoms with Gasteiger partial charge in [-0.1, -0.05) is 55.0 Å². The summed E-state index contributed by atoms with van der Waals surface area (Å²) in [5.41, 5.74) is 3.41. The summed E-state index contributed by atoms with van der Waals surface area (Å²) in [5.74, 6) is -0.974. The molecule has 2 saturated heterocycles. The lowest BCUT2D eigenvalue weighted by atomic mass is 9.84. The van der Waals surface area contributed by atoms with Crippen molar-refractivity contribution in [1.82, 2.24) is 9.80 Å². The molecule has 2 unspecified atom stereocenters. The smallest absolute Gasteiger partial charge is 0.410 e. The van der Waals surface area contributed by atoms with Gasteiger partial charge in [-0.2, -0.15) is 0 Å². The molecule has 2 aromatic carbocycles. The summed E-state index contributed by atoms with van der Waals surface area (Å²) in [6, 6.07) is 16.2. The summed E-state index contributed by atoms with van der Waals surface area (Å²) in [6.07, 6.45) is 2.76. The van der Waals surface area contributed by atoms with Crippen LogP contribution in [0.4, 0.5) is 4.79 Å². The van der Waals surface area contributed by atoms with Gasteiger partial charge in [0.15, 0.2) is 5.54 Å². The average molecular weight is 421 g/mol. The Kier molecular flexibility index (Phi) is 4.97. The fourth-order valence-corrected chi connectivity index (χ4v) is 5.92. The monoisotopic (exact) mass is 420 g/mol. The average Bonchev–Trinajstić information content (AvgIpc) is 3.34. The molecule has 0 saturated carbocycles. The molecule has 3 aliphatic rings. The normalized spacial score (nSPS) is 24.9. The van der Waals surface area contributed by atoms with Crippen molar-refractivity contribution in [2.45, 2.75) is 43.2 Å². The summed E-state index contributed by atoms with van der Waals surface area (Å²) >= 11 is 0. The second-order valence-electron chi connectivity index (χ2n) is 8.89. The van der Waals surface area contributed by atoms with E-state index >= 15 is 0 Å².